The maximum atomic E-state index is 5.85. The van der Waals surface area contributed by atoms with Gasteiger partial charge in [-0.05, 0) is 25.0 Å². The highest BCUT2D eigenvalue weighted by atomic mass is 16.3. The van der Waals surface area contributed by atoms with Crippen molar-refractivity contribution in [3.05, 3.63) is 36.3 Å². The number of nitrogens with zero attached hydrogens (tertiary/aromatic N) is 2. The first-order chi connectivity index (χ1) is 9.31. The minimum Gasteiger partial charge on any atom is -0.465 e. The van der Waals surface area contributed by atoms with Crippen molar-refractivity contribution in [3.63, 3.8) is 0 Å². The Balaban J connectivity index is 1.63. The van der Waals surface area contributed by atoms with Crippen LogP contribution in [0, 0.1) is 0 Å². The van der Waals surface area contributed by atoms with Gasteiger partial charge in [-0.1, -0.05) is 13.0 Å². The molecule has 3 heteroatoms. The lowest BCUT2D eigenvalue weighted by Gasteiger charge is -2.24. The largest absolute Gasteiger partial charge is 0.465 e. The average Bonchev–Trinajstić information content (AvgIpc) is 3.09. The van der Waals surface area contributed by atoms with Gasteiger partial charge in [-0.3, -0.25) is 9.80 Å². The predicted molar refractivity (Wildman–Crippen MR) is 77.1 cm³/mol. The summed E-state index contributed by atoms with van der Waals surface area (Å²) in [5.74, 6) is 2.23. The maximum Gasteiger partial charge on any atom is 0.118 e. The Morgan fingerprint density at radius 3 is 2.58 bits per heavy atom. The first-order valence-corrected chi connectivity index (χ1v) is 7.48. The zero-order chi connectivity index (χ0) is 13.2. The molecule has 104 valence electrons. The van der Waals surface area contributed by atoms with Gasteiger partial charge in [-0.15, -0.1) is 6.58 Å². The van der Waals surface area contributed by atoms with E-state index < -0.39 is 0 Å². The van der Waals surface area contributed by atoms with Gasteiger partial charge in [0, 0.05) is 38.1 Å². The van der Waals surface area contributed by atoms with Gasteiger partial charge in [0.05, 0.1) is 6.54 Å². The molecule has 0 aliphatic carbocycles. The molecule has 0 radical (unpaired) electrons. The van der Waals surface area contributed by atoms with Crippen molar-refractivity contribution < 1.29 is 4.42 Å². The van der Waals surface area contributed by atoms with Crippen molar-refractivity contribution in [2.24, 2.45) is 0 Å². The normalized spacial score (nSPS) is 27.8. The topological polar surface area (TPSA) is 19.6 Å². The Morgan fingerprint density at radius 1 is 1.21 bits per heavy atom. The van der Waals surface area contributed by atoms with E-state index >= 15 is 0 Å². The lowest BCUT2D eigenvalue weighted by molar-refractivity contribution is 0.210. The maximum absolute atomic E-state index is 5.85. The third kappa shape index (κ3) is 2.49. The molecule has 1 aromatic heterocycles. The van der Waals surface area contributed by atoms with Gasteiger partial charge in [0.2, 0.25) is 0 Å². The van der Waals surface area contributed by atoms with Crippen molar-refractivity contribution in [2.45, 2.75) is 44.8 Å². The number of furan rings is 1. The van der Waals surface area contributed by atoms with E-state index in [0.29, 0.717) is 0 Å². The fourth-order valence-electron chi connectivity index (χ4n) is 3.65. The summed E-state index contributed by atoms with van der Waals surface area (Å²) in [5, 5.41) is 0. The van der Waals surface area contributed by atoms with Crippen LogP contribution in [0.5, 0.6) is 0 Å². The quantitative estimate of drug-likeness (QED) is 0.759. The van der Waals surface area contributed by atoms with Gasteiger partial charge in [0.25, 0.3) is 0 Å². The molecule has 2 fully saturated rings. The molecule has 3 rings (SSSR count). The summed E-state index contributed by atoms with van der Waals surface area (Å²) in [6, 6.07) is 5.71. The Kier molecular flexibility index (Phi) is 3.76. The van der Waals surface area contributed by atoms with Crippen LogP contribution in [0.25, 0.3) is 0 Å². The highest BCUT2D eigenvalue weighted by Gasteiger charge is 2.41. The van der Waals surface area contributed by atoms with Gasteiger partial charge >= 0.3 is 0 Å². The molecule has 2 saturated heterocycles. The number of hydrogen-bond acceptors (Lipinski definition) is 3. The summed E-state index contributed by atoms with van der Waals surface area (Å²) in [6.45, 7) is 10.4. The van der Waals surface area contributed by atoms with Crippen LogP contribution in [-0.2, 0) is 13.0 Å². The van der Waals surface area contributed by atoms with Gasteiger partial charge < -0.3 is 4.42 Å². The third-order valence-electron chi connectivity index (χ3n) is 4.59. The molecule has 3 heterocycles. The molecule has 0 aromatic carbocycles. The Labute approximate surface area is 115 Å². The van der Waals surface area contributed by atoms with Crippen LogP contribution in [-0.4, -0.2) is 41.5 Å². The fraction of sp³-hybridized carbons (Fsp3) is 0.625. The van der Waals surface area contributed by atoms with Gasteiger partial charge in [-0.25, -0.2) is 0 Å². The van der Waals surface area contributed by atoms with Gasteiger partial charge in [0.15, 0.2) is 0 Å². The standard InChI is InChI=1S/C16H24N2O/c1-3-9-17-10-7-16-15(17)8-11-18(16)12-14-6-5-13(4-2)19-14/h3,5-6,15-16H,1,4,7-12H2,2H3/t15-,16+/m1/s1. The summed E-state index contributed by atoms with van der Waals surface area (Å²) in [6.07, 6.45) is 5.60. The van der Waals surface area contributed by atoms with E-state index in [4.69, 9.17) is 4.42 Å². The molecule has 2 atom stereocenters. The number of fused-ring (bicyclic) bond motifs is 1. The minimum absolute atomic E-state index is 0.718. The van der Waals surface area contributed by atoms with E-state index in [1.807, 2.05) is 6.08 Å². The molecule has 0 N–H and O–H groups in total. The van der Waals surface area contributed by atoms with Crippen LogP contribution in [0.1, 0.15) is 31.3 Å². The molecule has 19 heavy (non-hydrogen) atoms. The third-order valence-corrected chi connectivity index (χ3v) is 4.59. The number of aryl methyl sites for hydroxylation is 1. The zero-order valence-electron chi connectivity index (χ0n) is 11.8. The van der Waals surface area contributed by atoms with Crippen LogP contribution in [0.4, 0.5) is 0 Å². The highest BCUT2D eigenvalue weighted by Crippen LogP contribution is 2.32. The van der Waals surface area contributed by atoms with E-state index in [1.165, 1.54) is 25.9 Å². The molecule has 1 aromatic rings. The lowest BCUT2D eigenvalue weighted by atomic mass is 10.1. The van der Waals surface area contributed by atoms with E-state index in [1.54, 1.807) is 0 Å². The van der Waals surface area contributed by atoms with Crippen molar-refractivity contribution >= 4 is 0 Å². The Hall–Kier alpha value is -1.06. The molecule has 0 spiro atoms. The second-order valence-electron chi connectivity index (χ2n) is 5.69. The first-order valence-electron chi connectivity index (χ1n) is 7.48. The molecule has 0 bridgehead atoms. The van der Waals surface area contributed by atoms with E-state index in [2.05, 4.69) is 35.4 Å². The molecule has 0 saturated carbocycles. The van der Waals surface area contributed by atoms with Crippen LogP contribution < -0.4 is 0 Å². The van der Waals surface area contributed by atoms with E-state index in [9.17, 15) is 0 Å². The minimum atomic E-state index is 0.718. The van der Waals surface area contributed by atoms with E-state index in [-0.39, 0.29) is 0 Å². The molecular weight excluding hydrogens is 236 g/mol. The lowest BCUT2D eigenvalue weighted by Crippen LogP contribution is -2.36. The number of rotatable bonds is 5. The fourth-order valence-corrected chi connectivity index (χ4v) is 3.65. The van der Waals surface area contributed by atoms with Crippen molar-refractivity contribution in [1.82, 2.24) is 9.80 Å². The predicted octanol–water partition coefficient (Wildman–Crippen LogP) is 2.68. The van der Waals surface area contributed by atoms with Crippen LogP contribution >= 0.6 is 0 Å². The van der Waals surface area contributed by atoms with Crippen LogP contribution in [0.2, 0.25) is 0 Å². The van der Waals surface area contributed by atoms with Crippen LogP contribution in [0.15, 0.2) is 29.2 Å². The van der Waals surface area contributed by atoms with Crippen molar-refractivity contribution in [3.8, 4) is 0 Å². The van der Waals surface area contributed by atoms with Crippen molar-refractivity contribution in [1.29, 1.82) is 0 Å². The SMILES string of the molecule is C=CCN1CC[C@H]2[C@H]1CCN2Cc1ccc(CC)o1. The molecule has 0 unspecified atom stereocenters. The van der Waals surface area contributed by atoms with Crippen LogP contribution in [0.3, 0.4) is 0 Å². The summed E-state index contributed by atoms with van der Waals surface area (Å²) >= 11 is 0. The second kappa shape index (κ2) is 5.51. The summed E-state index contributed by atoms with van der Waals surface area (Å²) < 4.78 is 5.85. The number of hydrogen-bond donors (Lipinski definition) is 0. The Morgan fingerprint density at radius 2 is 1.89 bits per heavy atom. The average molecular weight is 260 g/mol. The van der Waals surface area contributed by atoms with Crippen molar-refractivity contribution in [2.75, 3.05) is 19.6 Å². The van der Waals surface area contributed by atoms with Gasteiger partial charge in [-0.2, -0.15) is 0 Å². The van der Waals surface area contributed by atoms with E-state index in [0.717, 1.165) is 43.1 Å². The monoisotopic (exact) mass is 260 g/mol. The molecule has 3 nitrogen and oxygen atoms in total. The molecule has 2 aliphatic heterocycles. The first kappa shape index (κ1) is 12.9. The smallest absolute Gasteiger partial charge is 0.118 e. The summed E-state index contributed by atoms with van der Waals surface area (Å²) in [5.41, 5.74) is 0. The molecule has 0 amide bonds. The summed E-state index contributed by atoms with van der Waals surface area (Å²) in [7, 11) is 0. The second-order valence-corrected chi connectivity index (χ2v) is 5.69. The number of likely N-dealkylation sites (tertiary alicyclic amines) is 2. The Bertz CT molecular complexity index is 440. The molecular formula is C16H24N2O. The zero-order valence-corrected chi connectivity index (χ0v) is 11.8. The molecule has 2 aliphatic rings. The summed E-state index contributed by atoms with van der Waals surface area (Å²) in [4.78, 5) is 5.18. The highest BCUT2D eigenvalue weighted by molar-refractivity contribution is 5.09. The van der Waals surface area contributed by atoms with Gasteiger partial charge in [0.1, 0.15) is 11.5 Å².